The molecule has 0 aromatic heterocycles. The van der Waals surface area contributed by atoms with Crippen molar-refractivity contribution in [3.8, 4) is 5.75 Å². The Kier molecular flexibility index (Phi) is 4.96. The van der Waals surface area contributed by atoms with Gasteiger partial charge in [-0.05, 0) is 67.3 Å². The van der Waals surface area contributed by atoms with E-state index in [2.05, 4.69) is 31.9 Å². The Morgan fingerprint density at radius 3 is 2.11 bits per heavy atom. The summed E-state index contributed by atoms with van der Waals surface area (Å²) >= 11 is 6.80. The Bertz CT molecular complexity index is 547. The minimum absolute atomic E-state index is 0.0323. The van der Waals surface area contributed by atoms with E-state index in [9.17, 15) is 4.39 Å². The maximum absolute atomic E-state index is 12.8. The van der Waals surface area contributed by atoms with Crippen LogP contribution >= 0.6 is 31.9 Å². The molecule has 0 aliphatic carbocycles. The SMILES string of the molecule is OCc1cc(Br)c(OCc2ccc(F)cc2)c(Br)c1. The minimum atomic E-state index is -0.265. The fourth-order valence-corrected chi connectivity index (χ4v) is 3.09. The minimum Gasteiger partial charge on any atom is -0.487 e. The molecule has 0 amide bonds. The first-order valence-electron chi connectivity index (χ1n) is 5.56. The molecule has 100 valence electrons. The molecule has 5 heteroatoms. The molecule has 0 saturated heterocycles. The second kappa shape index (κ2) is 6.50. The molecule has 0 bridgehead atoms. The Labute approximate surface area is 127 Å². The molecule has 2 nitrogen and oxygen atoms in total. The van der Waals surface area contributed by atoms with Gasteiger partial charge in [0.15, 0.2) is 0 Å². The standard InChI is InChI=1S/C14H11Br2FO2/c15-12-5-10(7-18)6-13(16)14(12)19-8-9-1-3-11(17)4-2-9/h1-6,18H,7-8H2. The fourth-order valence-electron chi connectivity index (χ4n) is 1.58. The summed E-state index contributed by atoms with van der Waals surface area (Å²) in [7, 11) is 0. The molecule has 0 fully saturated rings. The highest BCUT2D eigenvalue weighted by atomic mass is 79.9. The van der Waals surface area contributed by atoms with Gasteiger partial charge in [0.05, 0.1) is 15.6 Å². The number of aliphatic hydroxyl groups is 1. The largest absolute Gasteiger partial charge is 0.487 e. The van der Waals surface area contributed by atoms with Gasteiger partial charge in [-0.1, -0.05) is 12.1 Å². The molecular weight excluding hydrogens is 379 g/mol. The highest BCUT2D eigenvalue weighted by Crippen LogP contribution is 2.35. The molecule has 0 saturated carbocycles. The first-order valence-corrected chi connectivity index (χ1v) is 7.15. The molecular formula is C14H11Br2FO2. The molecule has 2 aromatic rings. The van der Waals surface area contributed by atoms with E-state index in [0.29, 0.717) is 12.4 Å². The number of hydrogen-bond donors (Lipinski definition) is 1. The van der Waals surface area contributed by atoms with Crippen molar-refractivity contribution in [3.63, 3.8) is 0 Å². The van der Waals surface area contributed by atoms with Gasteiger partial charge in [-0.15, -0.1) is 0 Å². The lowest BCUT2D eigenvalue weighted by Gasteiger charge is -2.11. The van der Waals surface area contributed by atoms with Crippen LogP contribution in [0.4, 0.5) is 4.39 Å². The lowest BCUT2D eigenvalue weighted by molar-refractivity contribution is 0.280. The second-order valence-electron chi connectivity index (χ2n) is 3.96. The van der Waals surface area contributed by atoms with Crippen LogP contribution in [0.3, 0.4) is 0 Å². The summed E-state index contributed by atoms with van der Waals surface area (Å²) in [5.41, 5.74) is 1.67. The van der Waals surface area contributed by atoms with Gasteiger partial charge in [-0.2, -0.15) is 0 Å². The van der Waals surface area contributed by atoms with Crippen molar-refractivity contribution in [2.75, 3.05) is 0 Å². The lowest BCUT2D eigenvalue weighted by atomic mass is 10.2. The summed E-state index contributed by atoms with van der Waals surface area (Å²) in [5.74, 6) is 0.389. The lowest BCUT2D eigenvalue weighted by Crippen LogP contribution is -1.98. The van der Waals surface area contributed by atoms with Crippen LogP contribution in [0.25, 0.3) is 0 Å². The zero-order valence-corrected chi connectivity index (χ0v) is 13.0. The van der Waals surface area contributed by atoms with Crippen molar-refractivity contribution in [1.29, 1.82) is 0 Å². The third-order valence-electron chi connectivity index (χ3n) is 2.54. The molecule has 2 rings (SSSR count). The van der Waals surface area contributed by atoms with Crippen LogP contribution in [0, 0.1) is 5.82 Å². The van der Waals surface area contributed by atoms with Crippen molar-refractivity contribution < 1.29 is 14.2 Å². The number of ether oxygens (including phenoxy) is 1. The molecule has 0 atom stereocenters. The molecule has 0 radical (unpaired) electrons. The van der Waals surface area contributed by atoms with Gasteiger partial charge in [-0.25, -0.2) is 4.39 Å². The molecule has 0 spiro atoms. The van der Waals surface area contributed by atoms with E-state index in [0.717, 1.165) is 20.1 Å². The van der Waals surface area contributed by atoms with E-state index >= 15 is 0 Å². The van der Waals surface area contributed by atoms with E-state index in [-0.39, 0.29) is 12.4 Å². The Morgan fingerprint density at radius 2 is 1.58 bits per heavy atom. The average Bonchev–Trinajstić information content (AvgIpc) is 2.39. The molecule has 0 aliphatic heterocycles. The summed E-state index contributed by atoms with van der Waals surface area (Å²) in [6, 6.07) is 9.75. The van der Waals surface area contributed by atoms with Crippen molar-refractivity contribution in [2.45, 2.75) is 13.2 Å². The van der Waals surface area contributed by atoms with Crippen LogP contribution in [0.2, 0.25) is 0 Å². The maximum atomic E-state index is 12.8. The van der Waals surface area contributed by atoms with Gasteiger partial charge in [-0.3, -0.25) is 0 Å². The normalized spacial score (nSPS) is 10.5. The molecule has 1 N–H and O–H groups in total. The Hall–Kier alpha value is -0.910. The summed E-state index contributed by atoms with van der Waals surface area (Å²) in [6.45, 7) is 0.311. The van der Waals surface area contributed by atoms with E-state index in [1.54, 1.807) is 24.3 Å². The number of aliphatic hydroxyl groups excluding tert-OH is 1. The Balaban J connectivity index is 2.13. The quantitative estimate of drug-likeness (QED) is 0.838. The zero-order valence-electron chi connectivity index (χ0n) is 9.87. The maximum Gasteiger partial charge on any atom is 0.148 e. The molecule has 2 aromatic carbocycles. The molecule has 19 heavy (non-hydrogen) atoms. The van der Waals surface area contributed by atoms with E-state index in [1.807, 2.05) is 0 Å². The van der Waals surface area contributed by atoms with Gasteiger partial charge >= 0.3 is 0 Å². The highest BCUT2D eigenvalue weighted by Gasteiger charge is 2.09. The van der Waals surface area contributed by atoms with Gasteiger partial charge in [0.25, 0.3) is 0 Å². The fraction of sp³-hybridized carbons (Fsp3) is 0.143. The smallest absolute Gasteiger partial charge is 0.148 e. The summed E-state index contributed by atoms with van der Waals surface area (Å²) < 4.78 is 20.0. The van der Waals surface area contributed by atoms with Gasteiger partial charge < -0.3 is 9.84 Å². The van der Waals surface area contributed by atoms with Gasteiger partial charge in [0.2, 0.25) is 0 Å². The molecule has 0 aliphatic rings. The Morgan fingerprint density at radius 1 is 1.00 bits per heavy atom. The van der Waals surface area contributed by atoms with E-state index in [1.165, 1.54) is 12.1 Å². The van der Waals surface area contributed by atoms with Crippen LogP contribution in [0.5, 0.6) is 5.75 Å². The van der Waals surface area contributed by atoms with Crippen LogP contribution in [-0.2, 0) is 13.2 Å². The number of hydrogen-bond acceptors (Lipinski definition) is 2. The van der Waals surface area contributed by atoms with Crippen molar-refractivity contribution in [3.05, 3.63) is 62.3 Å². The molecule has 0 unspecified atom stereocenters. The van der Waals surface area contributed by atoms with Crippen molar-refractivity contribution >= 4 is 31.9 Å². The number of halogens is 3. The highest BCUT2D eigenvalue weighted by molar-refractivity contribution is 9.11. The van der Waals surface area contributed by atoms with Gasteiger partial charge in [0.1, 0.15) is 18.2 Å². The first-order chi connectivity index (χ1) is 9.10. The topological polar surface area (TPSA) is 29.5 Å². The van der Waals surface area contributed by atoms with Crippen LogP contribution in [-0.4, -0.2) is 5.11 Å². The van der Waals surface area contributed by atoms with Gasteiger partial charge in [0, 0.05) is 0 Å². The predicted molar refractivity (Wildman–Crippen MR) is 78.5 cm³/mol. The summed E-state index contributed by atoms with van der Waals surface area (Å²) in [6.07, 6.45) is 0. The zero-order chi connectivity index (χ0) is 13.8. The van der Waals surface area contributed by atoms with Crippen LogP contribution in [0.15, 0.2) is 45.3 Å². The number of rotatable bonds is 4. The van der Waals surface area contributed by atoms with Crippen molar-refractivity contribution in [2.24, 2.45) is 0 Å². The average molecular weight is 390 g/mol. The van der Waals surface area contributed by atoms with Crippen LogP contribution < -0.4 is 4.74 Å². The van der Waals surface area contributed by atoms with Crippen molar-refractivity contribution in [1.82, 2.24) is 0 Å². The van der Waals surface area contributed by atoms with E-state index < -0.39 is 0 Å². The first kappa shape index (κ1) is 14.5. The monoisotopic (exact) mass is 388 g/mol. The third-order valence-corrected chi connectivity index (χ3v) is 3.72. The number of benzene rings is 2. The van der Waals surface area contributed by atoms with Crippen LogP contribution in [0.1, 0.15) is 11.1 Å². The summed E-state index contributed by atoms with van der Waals surface area (Å²) in [5, 5.41) is 9.09. The molecule has 0 heterocycles. The predicted octanol–water partition coefficient (Wildman–Crippen LogP) is 4.42. The van der Waals surface area contributed by atoms with E-state index in [4.69, 9.17) is 9.84 Å². The third kappa shape index (κ3) is 3.78. The summed E-state index contributed by atoms with van der Waals surface area (Å²) in [4.78, 5) is 0. The second-order valence-corrected chi connectivity index (χ2v) is 5.67.